The largest absolute Gasteiger partial charge is 0.495 e. The molecule has 0 fully saturated rings. The molecule has 0 aliphatic carbocycles. The molecule has 0 unspecified atom stereocenters. The van der Waals surface area contributed by atoms with E-state index in [1.165, 1.54) is 7.11 Å². The highest BCUT2D eigenvalue weighted by Gasteiger charge is 2.02. The van der Waals surface area contributed by atoms with Crippen LogP contribution >= 0.6 is 0 Å². The third-order valence-electron chi connectivity index (χ3n) is 2.58. The molecule has 0 saturated heterocycles. The fraction of sp³-hybridized carbons (Fsp3) is 0.0625. The lowest BCUT2D eigenvalue weighted by Crippen LogP contribution is -2.08. The maximum atomic E-state index is 11.7. The van der Waals surface area contributed by atoms with Crippen molar-refractivity contribution in [1.82, 2.24) is 0 Å². The first kappa shape index (κ1) is 13.5. The van der Waals surface area contributed by atoms with Gasteiger partial charge >= 0.3 is 5.91 Å². The van der Waals surface area contributed by atoms with Crippen LogP contribution in [-0.4, -0.2) is 13.0 Å². The molecule has 3 N–H and O–H groups in total. The molecule has 0 aromatic heterocycles. The summed E-state index contributed by atoms with van der Waals surface area (Å²) in [4.78, 5) is 11.7. The Balaban J connectivity index is 2.05. The first-order valence-electron chi connectivity index (χ1n) is 6.00. The van der Waals surface area contributed by atoms with E-state index < -0.39 is 5.91 Å². The van der Waals surface area contributed by atoms with Crippen LogP contribution in [0.5, 0.6) is 5.75 Å². The van der Waals surface area contributed by atoms with Crippen LogP contribution in [0.2, 0.25) is 0 Å². The summed E-state index contributed by atoms with van der Waals surface area (Å²) in [5.74, 6) is 5.48. The van der Waals surface area contributed by atoms with Crippen LogP contribution in [-0.2, 0) is 4.79 Å². The number of nitrogens with one attached hydrogen (secondary N) is 1. The summed E-state index contributed by atoms with van der Waals surface area (Å²) in [6.07, 6.45) is 0. The minimum Gasteiger partial charge on any atom is -0.495 e. The van der Waals surface area contributed by atoms with E-state index in [9.17, 15) is 4.79 Å². The number of methoxy groups -OCH3 is 1. The monoisotopic (exact) mass is 266 g/mol. The molecule has 0 heterocycles. The topological polar surface area (TPSA) is 64.3 Å². The van der Waals surface area contributed by atoms with Gasteiger partial charge in [-0.3, -0.25) is 4.79 Å². The van der Waals surface area contributed by atoms with E-state index in [0.29, 0.717) is 17.1 Å². The Hall–Kier alpha value is -2.93. The van der Waals surface area contributed by atoms with Gasteiger partial charge in [0.25, 0.3) is 0 Å². The van der Waals surface area contributed by atoms with Gasteiger partial charge in [0.15, 0.2) is 0 Å². The van der Waals surface area contributed by atoms with E-state index in [1.807, 2.05) is 30.3 Å². The number of carbonyl (C=O) groups is 1. The van der Waals surface area contributed by atoms with E-state index in [-0.39, 0.29) is 0 Å². The van der Waals surface area contributed by atoms with Crippen molar-refractivity contribution in [2.24, 2.45) is 0 Å². The van der Waals surface area contributed by atoms with E-state index >= 15 is 0 Å². The molecule has 0 radical (unpaired) electrons. The molecule has 0 atom stereocenters. The highest BCUT2D eigenvalue weighted by molar-refractivity contribution is 6.04. The number of hydrogen-bond donors (Lipinski definition) is 2. The standard InChI is InChI=1S/C16H14N2O2/c1-20-15-9-8-13(11-14(15)17)18-16(19)10-7-12-5-3-2-4-6-12/h2-6,8-9,11H,17H2,1H3,(H,18,19). The zero-order valence-electron chi connectivity index (χ0n) is 11.0. The summed E-state index contributed by atoms with van der Waals surface area (Å²) >= 11 is 0. The van der Waals surface area contributed by atoms with Crippen molar-refractivity contribution in [3.63, 3.8) is 0 Å². The number of carbonyl (C=O) groups excluding carboxylic acids is 1. The molecule has 0 aliphatic heterocycles. The molecule has 0 aliphatic rings. The Kier molecular flexibility index (Phi) is 4.25. The Morgan fingerprint density at radius 3 is 2.60 bits per heavy atom. The van der Waals surface area contributed by atoms with Crippen LogP contribution in [0.4, 0.5) is 11.4 Å². The van der Waals surface area contributed by atoms with Crippen molar-refractivity contribution >= 4 is 17.3 Å². The van der Waals surface area contributed by atoms with Gasteiger partial charge in [0, 0.05) is 17.2 Å². The van der Waals surface area contributed by atoms with E-state index in [2.05, 4.69) is 17.2 Å². The number of benzene rings is 2. The summed E-state index contributed by atoms with van der Waals surface area (Å²) in [5, 5.41) is 2.66. The molecule has 4 heteroatoms. The van der Waals surface area contributed by atoms with Crippen molar-refractivity contribution in [3.05, 3.63) is 54.1 Å². The van der Waals surface area contributed by atoms with Gasteiger partial charge < -0.3 is 15.8 Å². The molecule has 0 spiro atoms. The molecule has 1 amide bonds. The van der Waals surface area contributed by atoms with E-state index in [0.717, 1.165) is 5.56 Å². The SMILES string of the molecule is COc1ccc(NC(=O)C#Cc2ccccc2)cc1N. The minimum absolute atomic E-state index is 0.390. The van der Waals surface area contributed by atoms with Crippen LogP contribution in [0.25, 0.3) is 0 Å². The Morgan fingerprint density at radius 2 is 1.95 bits per heavy atom. The molecule has 2 rings (SSSR count). The number of hydrogen-bond acceptors (Lipinski definition) is 3. The predicted octanol–water partition coefficient (Wildman–Crippen LogP) is 2.27. The number of nitrogen functional groups attached to an aromatic ring is 1. The van der Waals surface area contributed by atoms with Crippen molar-refractivity contribution in [3.8, 4) is 17.6 Å². The normalized spacial score (nSPS) is 9.25. The van der Waals surface area contributed by atoms with Crippen molar-refractivity contribution < 1.29 is 9.53 Å². The number of nitrogens with two attached hydrogens (primary N) is 1. The van der Waals surface area contributed by atoms with Crippen molar-refractivity contribution in [1.29, 1.82) is 0 Å². The van der Waals surface area contributed by atoms with Gasteiger partial charge in [-0.15, -0.1) is 0 Å². The lowest BCUT2D eigenvalue weighted by Gasteiger charge is -2.06. The highest BCUT2D eigenvalue weighted by atomic mass is 16.5. The molecule has 100 valence electrons. The third-order valence-corrected chi connectivity index (χ3v) is 2.58. The van der Waals surface area contributed by atoms with Gasteiger partial charge in [-0.1, -0.05) is 24.1 Å². The fourth-order valence-corrected chi connectivity index (χ4v) is 1.62. The van der Waals surface area contributed by atoms with Crippen LogP contribution in [0.3, 0.4) is 0 Å². The predicted molar refractivity (Wildman–Crippen MR) is 79.4 cm³/mol. The molecular formula is C16H14N2O2. The van der Waals surface area contributed by atoms with Crippen LogP contribution < -0.4 is 15.8 Å². The summed E-state index contributed by atoms with van der Waals surface area (Å²) in [7, 11) is 1.54. The number of rotatable bonds is 2. The second-order valence-electron chi connectivity index (χ2n) is 4.03. The fourth-order valence-electron chi connectivity index (χ4n) is 1.62. The van der Waals surface area contributed by atoms with Gasteiger partial charge in [-0.05, 0) is 30.3 Å². The van der Waals surface area contributed by atoms with Crippen LogP contribution in [0, 0.1) is 11.8 Å². The molecule has 0 saturated carbocycles. The molecule has 2 aromatic rings. The van der Waals surface area contributed by atoms with Crippen molar-refractivity contribution in [2.75, 3.05) is 18.2 Å². The summed E-state index contributed by atoms with van der Waals surface area (Å²) < 4.78 is 5.04. The van der Waals surface area contributed by atoms with Gasteiger partial charge in [0.1, 0.15) is 5.75 Å². The summed E-state index contributed by atoms with van der Waals surface area (Å²) in [6.45, 7) is 0. The van der Waals surface area contributed by atoms with E-state index in [1.54, 1.807) is 18.2 Å². The lowest BCUT2D eigenvalue weighted by atomic mass is 10.2. The van der Waals surface area contributed by atoms with E-state index in [4.69, 9.17) is 10.5 Å². The number of amides is 1. The van der Waals surface area contributed by atoms with Gasteiger partial charge in [0.2, 0.25) is 0 Å². The molecule has 20 heavy (non-hydrogen) atoms. The van der Waals surface area contributed by atoms with Crippen LogP contribution in [0.1, 0.15) is 5.56 Å². The average Bonchev–Trinajstić information content (AvgIpc) is 2.46. The number of anilines is 2. The van der Waals surface area contributed by atoms with Crippen LogP contribution in [0.15, 0.2) is 48.5 Å². The Bertz CT molecular complexity index is 670. The minimum atomic E-state index is -0.390. The quantitative estimate of drug-likeness (QED) is 0.647. The maximum absolute atomic E-state index is 11.7. The van der Waals surface area contributed by atoms with Gasteiger partial charge in [-0.25, -0.2) is 0 Å². The Morgan fingerprint density at radius 1 is 1.20 bits per heavy atom. The Labute approximate surface area is 117 Å². The highest BCUT2D eigenvalue weighted by Crippen LogP contribution is 2.24. The maximum Gasteiger partial charge on any atom is 0.300 e. The smallest absolute Gasteiger partial charge is 0.300 e. The zero-order chi connectivity index (χ0) is 14.4. The lowest BCUT2D eigenvalue weighted by molar-refractivity contribution is -0.111. The van der Waals surface area contributed by atoms with Gasteiger partial charge in [0.05, 0.1) is 12.8 Å². The first-order valence-corrected chi connectivity index (χ1v) is 6.00. The first-order chi connectivity index (χ1) is 9.69. The average molecular weight is 266 g/mol. The summed E-state index contributed by atoms with van der Waals surface area (Å²) in [6, 6.07) is 14.3. The molecule has 0 bridgehead atoms. The zero-order valence-corrected chi connectivity index (χ0v) is 11.0. The summed E-state index contributed by atoms with van der Waals surface area (Å²) in [5.41, 5.74) is 7.59. The second-order valence-corrected chi connectivity index (χ2v) is 4.03. The van der Waals surface area contributed by atoms with Gasteiger partial charge in [-0.2, -0.15) is 0 Å². The van der Waals surface area contributed by atoms with Crippen molar-refractivity contribution in [2.45, 2.75) is 0 Å². The molecule has 4 nitrogen and oxygen atoms in total. The number of ether oxygens (including phenoxy) is 1. The second kappa shape index (κ2) is 6.30. The molecule has 2 aromatic carbocycles. The molecular weight excluding hydrogens is 252 g/mol. The third kappa shape index (κ3) is 3.53.